The van der Waals surface area contributed by atoms with Gasteiger partial charge in [-0.15, -0.1) is 0 Å². The summed E-state index contributed by atoms with van der Waals surface area (Å²) in [5.74, 6) is -0.280. The molecule has 2 heterocycles. The number of para-hydroxylation sites is 2. The third-order valence-corrected chi connectivity index (χ3v) is 5.24. The number of ether oxygens (including phenoxy) is 1. The number of benzene rings is 2. The number of aromatic amines is 1. The van der Waals surface area contributed by atoms with Gasteiger partial charge < -0.3 is 14.6 Å². The van der Waals surface area contributed by atoms with Crippen molar-refractivity contribution >= 4 is 17.1 Å². The smallest absolute Gasteiger partial charge is 0.409 e. The fourth-order valence-electron chi connectivity index (χ4n) is 3.74. The number of likely N-dealkylation sites (tertiary alicyclic amines) is 1. The number of imidazole rings is 1. The van der Waals surface area contributed by atoms with Crippen molar-refractivity contribution in [2.45, 2.75) is 25.3 Å². The number of hydrogen-bond donors (Lipinski definition) is 1. The van der Waals surface area contributed by atoms with Gasteiger partial charge in [-0.25, -0.2) is 14.0 Å². The van der Waals surface area contributed by atoms with Crippen molar-refractivity contribution in [2.24, 2.45) is 0 Å². The first-order valence-electron chi connectivity index (χ1n) is 9.47. The predicted molar refractivity (Wildman–Crippen MR) is 104 cm³/mol. The van der Waals surface area contributed by atoms with E-state index in [1.165, 1.54) is 12.1 Å². The molecular formula is C21H22FN3O3. The van der Waals surface area contributed by atoms with Gasteiger partial charge in [0, 0.05) is 25.6 Å². The Balaban J connectivity index is 1.31. The van der Waals surface area contributed by atoms with Crippen molar-refractivity contribution in [3.05, 3.63) is 70.4 Å². The van der Waals surface area contributed by atoms with E-state index in [1.54, 1.807) is 21.6 Å². The van der Waals surface area contributed by atoms with Gasteiger partial charge in [0.2, 0.25) is 0 Å². The van der Waals surface area contributed by atoms with E-state index in [1.807, 2.05) is 24.3 Å². The van der Waals surface area contributed by atoms with E-state index in [4.69, 9.17) is 4.74 Å². The van der Waals surface area contributed by atoms with Gasteiger partial charge in [0.25, 0.3) is 0 Å². The Bertz CT molecular complexity index is 1020. The van der Waals surface area contributed by atoms with Crippen LogP contribution in [0.4, 0.5) is 9.18 Å². The molecular weight excluding hydrogens is 361 g/mol. The van der Waals surface area contributed by atoms with Gasteiger partial charge in [-0.1, -0.05) is 24.3 Å². The Labute approximate surface area is 161 Å². The van der Waals surface area contributed by atoms with Crippen molar-refractivity contribution in [1.82, 2.24) is 14.5 Å². The molecule has 1 aromatic heterocycles. The maximum absolute atomic E-state index is 12.9. The number of piperidine rings is 1. The Morgan fingerprint density at radius 3 is 2.57 bits per heavy atom. The van der Waals surface area contributed by atoms with Crippen LogP contribution in [0.3, 0.4) is 0 Å². The van der Waals surface area contributed by atoms with Crippen LogP contribution in [-0.2, 0) is 11.2 Å². The summed E-state index contributed by atoms with van der Waals surface area (Å²) < 4.78 is 20.1. The average molecular weight is 383 g/mol. The highest BCUT2D eigenvalue weighted by Crippen LogP contribution is 2.25. The quantitative estimate of drug-likeness (QED) is 0.750. The molecule has 0 radical (unpaired) electrons. The molecule has 28 heavy (non-hydrogen) atoms. The molecule has 0 saturated carbocycles. The van der Waals surface area contributed by atoms with Gasteiger partial charge >= 0.3 is 11.8 Å². The zero-order chi connectivity index (χ0) is 19.5. The number of halogens is 1. The van der Waals surface area contributed by atoms with E-state index in [9.17, 15) is 14.0 Å². The number of amides is 1. The van der Waals surface area contributed by atoms with Crippen molar-refractivity contribution in [3.63, 3.8) is 0 Å². The van der Waals surface area contributed by atoms with Crippen LogP contribution in [0, 0.1) is 5.82 Å². The molecule has 1 N–H and O–H groups in total. The lowest BCUT2D eigenvalue weighted by Crippen LogP contribution is -2.41. The van der Waals surface area contributed by atoms with Crippen molar-refractivity contribution in [2.75, 3.05) is 19.7 Å². The highest BCUT2D eigenvalue weighted by molar-refractivity contribution is 5.75. The molecule has 1 aliphatic rings. The lowest BCUT2D eigenvalue weighted by atomic mass is 10.0. The van der Waals surface area contributed by atoms with Gasteiger partial charge in [0.15, 0.2) is 0 Å². The molecule has 1 aliphatic heterocycles. The number of H-pyrrole nitrogens is 1. The molecule has 0 atom stereocenters. The van der Waals surface area contributed by atoms with Crippen LogP contribution in [0.5, 0.6) is 0 Å². The first kappa shape index (κ1) is 18.3. The van der Waals surface area contributed by atoms with Crippen LogP contribution in [0.25, 0.3) is 11.0 Å². The fourth-order valence-corrected chi connectivity index (χ4v) is 3.74. The summed E-state index contributed by atoms with van der Waals surface area (Å²) in [5.41, 5.74) is 2.54. The summed E-state index contributed by atoms with van der Waals surface area (Å²) in [6.45, 7) is 1.35. The summed E-state index contributed by atoms with van der Waals surface area (Å²) >= 11 is 0. The number of carbonyl (C=O) groups excluding carboxylic acids is 1. The highest BCUT2D eigenvalue weighted by atomic mass is 19.1. The van der Waals surface area contributed by atoms with Crippen LogP contribution in [0.2, 0.25) is 0 Å². The Hall–Kier alpha value is -3.09. The van der Waals surface area contributed by atoms with Crippen LogP contribution in [-0.4, -0.2) is 40.2 Å². The number of hydrogen-bond acceptors (Lipinski definition) is 3. The molecule has 2 aromatic carbocycles. The van der Waals surface area contributed by atoms with Crippen molar-refractivity contribution in [3.8, 4) is 0 Å². The molecule has 0 aliphatic carbocycles. The van der Waals surface area contributed by atoms with E-state index in [0.29, 0.717) is 32.4 Å². The molecule has 0 unspecified atom stereocenters. The van der Waals surface area contributed by atoms with E-state index >= 15 is 0 Å². The number of nitrogens with one attached hydrogen (secondary N) is 1. The Morgan fingerprint density at radius 2 is 1.82 bits per heavy atom. The van der Waals surface area contributed by atoms with Gasteiger partial charge in [-0.05, 0) is 42.7 Å². The molecule has 1 amide bonds. The highest BCUT2D eigenvalue weighted by Gasteiger charge is 2.26. The summed E-state index contributed by atoms with van der Waals surface area (Å²) in [4.78, 5) is 29.2. The first-order valence-corrected chi connectivity index (χ1v) is 9.47. The number of rotatable bonds is 4. The lowest BCUT2D eigenvalue weighted by molar-refractivity contribution is 0.0895. The second-order valence-electron chi connectivity index (χ2n) is 7.03. The third kappa shape index (κ3) is 3.78. The number of carbonyl (C=O) groups is 1. The summed E-state index contributed by atoms with van der Waals surface area (Å²) in [5, 5.41) is 0. The van der Waals surface area contributed by atoms with Crippen molar-refractivity contribution < 1.29 is 13.9 Å². The molecule has 0 bridgehead atoms. The molecule has 4 rings (SSSR count). The van der Waals surface area contributed by atoms with E-state index in [-0.39, 0.29) is 30.2 Å². The zero-order valence-electron chi connectivity index (χ0n) is 15.4. The minimum atomic E-state index is -0.341. The van der Waals surface area contributed by atoms with Gasteiger partial charge in [-0.2, -0.15) is 0 Å². The largest absolute Gasteiger partial charge is 0.449 e. The Morgan fingerprint density at radius 1 is 1.11 bits per heavy atom. The lowest BCUT2D eigenvalue weighted by Gasteiger charge is -2.31. The molecule has 7 heteroatoms. The van der Waals surface area contributed by atoms with E-state index in [0.717, 1.165) is 16.6 Å². The third-order valence-electron chi connectivity index (χ3n) is 5.24. The summed E-state index contributed by atoms with van der Waals surface area (Å²) in [7, 11) is 0. The number of aromatic nitrogens is 2. The minimum Gasteiger partial charge on any atom is -0.449 e. The van der Waals surface area contributed by atoms with Crippen molar-refractivity contribution in [1.29, 1.82) is 0 Å². The molecule has 1 fully saturated rings. The number of nitrogens with zero attached hydrogens (tertiary/aromatic N) is 2. The second-order valence-corrected chi connectivity index (χ2v) is 7.03. The van der Waals surface area contributed by atoms with E-state index < -0.39 is 0 Å². The topological polar surface area (TPSA) is 67.3 Å². The predicted octanol–water partition coefficient (Wildman–Crippen LogP) is 3.48. The van der Waals surface area contributed by atoms with Gasteiger partial charge in [0.1, 0.15) is 5.82 Å². The zero-order valence-corrected chi connectivity index (χ0v) is 15.4. The molecule has 146 valence electrons. The van der Waals surface area contributed by atoms with Crippen LogP contribution >= 0.6 is 0 Å². The monoisotopic (exact) mass is 383 g/mol. The van der Waals surface area contributed by atoms with E-state index in [2.05, 4.69) is 4.98 Å². The van der Waals surface area contributed by atoms with Gasteiger partial charge in [0.05, 0.1) is 17.6 Å². The molecule has 3 aromatic rings. The first-order chi connectivity index (χ1) is 13.6. The van der Waals surface area contributed by atoms with Crippen LogP contribution in [0.1, 0.15) is 24.4 Å². The SMILES string of the molecule is O=C(OCCc1ccc(F)cc1)N1CCC(n2c(=O)[nH]c3ccccc32)CC1. The standard InChI is InChI=1S/C21H22FN3O3/c22-16-7-5-15(6-8-16)11-14-28-21(27)24-12-9-17(10-13-24)25-19-4-2-1-3-18(19)23-20(25)26/h1-8,17H,9-14H2,(H,23,26). The maximum atomic E-state index is 12.9. The van der Waals surface area contributed by atoms with Crippen LogP contribution < -0.4 is 5.69 Å². The summed E-state index contributed by atoms with van der Waals surface area (Å²) in [6, 6.07) is 13.9. The van der Waals surface area contributed by atoms with Gasteiger partial charge in [-0.3, -0.25) is 4.57 Å². The maximum Gasteiger partial charge on any atom is 0.409 e. The molecule has 1 saturated heterocycles. The van der Waals surface area contributed by atoms with Crippen LogP contribution in [0.15, 0.2) is 53.3 Å². The molecule has 6 nitrogen and oxygen atoms in total. The second kappa shape index (κ2) is 7.88. The molecule has 0 spiro atoms. The number of fused-ring (bicyclic) bond motifs is 1. The minimum absolute atomic E-state index is 0.0620. The average Bonchev–Trinajstić information content (AvgIpc) is 3.05. The normalized spacial score (nSPS) is 15.1. The fraction of sp³-hybridized carbons (Fsp3) is 0.333. The summed E-state index contributed by atoms with van der Waals surface area (Å²) in [6.07, 6.45) is 1.61. The Kier molecular flexibility index (Phi) is 5.14.